The van der Waals surface area contributed by atoms with Crippen LogP contribution in [0.3, 0.4) is 0 Å². The summed E-state index contributed by atoms with van der Waals surface area (Å²) in [6.45, 7) is 0. The van der Waals surface area contributed by atoms with Gasteiger partial charge in [-0.15, -0.1) is 0 Å². The summed E-state index contributed by atoms with van der Waals surface area (Å²) in [5.41, 5.74) is 6.10. The summed E-state index contributed by atoms with van der Waals surface area (Å²) in [5, 5.41) is 7.43. The van der Waals surface area contributed by atoms with Gasteiger partial charge >= 0.3 is 0 Å². The van der Waals surface area contributed by atoms with Crippen LogP contribution in [0, 0.1) is 11.6 Å². The number of anilines is 2. The summed E-state index contributed by atoms with van der Waals surface area (Å²) in [4.78, 5) is 38.4. The zero-order valence-electron chi connectivity index (χ0n) is 27.9. The van der Waals surface area contributed by atoms with E-state index in [1.807, 2.05) is 97.1 Å². The monoisotopic (exact) mass is 714 g/mol. The fourth-order valence-electron chi connectivity index (χ4n) is 6.01. The summed E-state index contributed by atoms with van der Waals surface area (Å²) in [5.74, 6) is -1.25. The number of fused-ring (bicyclic) bond motifs is 2. The molecule has 2 aromatic heterocycles. The van der Waals surface area contributed by atoms with Gasteiger partial charge in [-0.1, -0.05) is 48.2 Å². The van der Waals surface area contributed by atoms with Crippen LogP contribution in [-0.2, 0) is 0 Å². The van der Waals surface area contributed by atoms with Crippen LogP contribution < -0.4 is 10.6 Å². The van der Waals surface area contributed by atoms with Crippen molar-refractivity contribution in [3.8, 4) is 22.5 Å². The minimum atomic E-state index is -0.342. The molecular formula is C44H28F2N4O2S. The second-order valence-electron chi connectivity index (χ2n) is 12.2. The van der Waals surface area contributed by atoms with Gasteiger partial charge in [0.15, 0.2) is 0 Å². The SMILES string of the molecule is O=C(Nc1ccc(Sc2ccc(NC(=O)c3cc(-c4ccc(F)cc4)nc4ccccc34)cc2)cc1)c1cc(-c2ccc(F)cc2)nc2ccccc12. The molecule has 0 radical (unpaired) electrons. The first kappa shape index (κ1) is 33.4. The number of aromatic nitrogens is 2. The van der Waals surface area contributed by atoms with E-state index >= 15 is 0 Å². The zero-order valence-corrected chi connectivity index (χ0v) is 28.7. The third kappa shape index (κ3) is 7.37. The van der Waals surface area contributed by atoms with Crippen molar-refractivity contribution in [3.63, 3.8) is 0 Å². The number of pyridine rings is 2. The number of nitrogens with one attached hydrogen (secondary N) is 2. The van der Waals surface area contributed by atoms with Gasteiger partial charge in [-0.3, -0.25) is 9.59 Å². The molecule has 0 aliphatic heterocycles. The molecule has 53 heavy (non-hydrogen) atoms. The van der Waals surface area contributed by atoms with Crippen LogP contribution in [0.1, 0.15) is 20.7 Å². The molecule has 8 rings (SSSR count). The van der Waals surface area contributed by atoms with Crippen molar-refractivity contribution in [2.75, 3.05) is 10.6 Å². The van der Waals surface area contributed by atoms with E-state index in [1.165, 1.54) is 24.3 Å². The highest BCUT2D eigenvalue weighted by Gasteiger charge is 2.16. The Morgan fingerprint density at radius 2 is 0.849 bits per heavy atom. The zero-order chi connectivity index (χ0) is 36.3. The Bertz CT molecular complexity index is 2450. The molecule has 0 fully saturated rings. The van der Waals surface area contributed by atoms with E-state index in [0.29, 0.717) is 66.8 Å². The number of rotatable bonds is 8. The number of carbonyl (C=O) groups is 2. The third-order valence-corrected chi connectivity index (χ3v) is 9.68. The van der Waals surface area contributed by atoms with Gasteiger partial charge < -0.3 is 10.6 Å². The van der Waals surface area contributed by atoms with Crippen LogP contribution in [0.4, 0.5) is 20.2 Å². The second kappa shape index (κ2) is 14.5. The second-order valence-corrected chi connectivity index (χ2v) is 13.4. The molecule has 2 amide bonds. The smallest absolute Gasteiger partial charge is 0.256 e. The largest absolute Gasteiger partial charge is 0.322 e. The lowest BCUT2D eigenvalue weighted by Gasteiger charge is -2.12. The van der Waals surface area contributed by atoms with E-state index in [1.54, 1.807) is 48.2 Å². The predicted octanol–water partition coefficient (Wildman–Crippen LogP) is 11.1. The molecule has 2 heterocycles. The molecular weight excluding hydrogens is 687 g/mol. The first-order valence-electron chi connectivity index (χ1n) is 16.7. The Balaban J connectivity index is 0.947. The van der Waals surface area contributed by atoms with Crippen LogP contribution >= 0.6 is 11.8 Å². The summed E-state index contributed by atoms with van der Waals surface area (Å²) >= 11 is 1.55. The number of hydrogen-bond acceptors (Lipinski definition) is 5. The normalized spacial score (nSPS) is 11.1. The molecule has 0 aliphatic carbocycles. The fraction of sp³-hybridized carbons (Fsp3) is 0. The average Bonchev–Trinajstić information content (AvgIpc) is 3.19. The Morgan fingerprint density at radius 3 is 1.25 bits per heavy atom. The van der Waals surface area contributed by atoms with Gasteiger partial charge in [0.25, 0.3) is 11.8 Å². The Labute approximate surface area is 307 Å². The molecule has 6 nitrogen and oxygen atoms in total. The number of para-hydroxylation sites is 2. The topological polar surface area (TPSA) is 84.0 Å². The number of hydrogen-bond donors (Lipinski definition) is 2. The van der Waals surface area contributed by atoms with E-state index in [9.17, 15) is 18.4 Å². The Kier molecular flexibility index (Phi) is 9.14. The van der Waals surface area contributed by atoms with Crippen LogP contribution in [0.15, 0.2) is 168 Å². The van der Waals surface area contributed by atoms with Gasteiger partial charge in [-0.25, -0.2) is 18.7 Å². The van der Waals surface area contributed by atoms with Crippen molar-refractivity contribution >= 4 is 56.8 Å². The van der Waals surface area contributed by atoms with Crippen LogP contribution in [0.25, 0.3) is 44.3 Å². The molecule has 0 spiro atoms. The Morgan fingerprint density at radius 1 is 0.472 bits per heavy atom. The molecule has 6 aromatic carbocycles. The molecule has 2 N–H and O–H groups in total. The number of amides is 2. The van der Waals surface area contributed by atoms with Crippen molar-refractivity contribution in [2.24, 2.45) is 0 Å². The first-order valence-corrected chi connectivity index (χ1v) is 17.5. The fourth-order valence-corrected chi connectivity index (χ4v) is 6.83. The van der Waals surface area contributed by atoms with Crippen LogP contribution in [-0.4, -0.2) is 21.8 Å². The van der Waals surface area contributed by atoms with Gasteiger partial charge in [0.2, 0.25) is 0 Å². The van der Waals surface area contributed by atoms with Gasteiger partial charge in [0, 0.05) is 43.1 Å². The van der Waals surface area contributed by atoms with Crippen molar-refractivity contribution in [3.05, 3.63) is 180 Å². The molecule has 0 atom stereocenters. The molecule has 0 aliphatic rings. The van der Waals surface area contributed by atoms with Gasteiger partial charge in [-0.05, 0) is 121 Å². The van der Waals surface area contributed by atoms with Gasteiger partial charge in [0.1, 0.15) is 11.6 Å². The maximum absolute atomic E-state index is 13.6. The minimum absolute atomic E-state index is 0.281. The maximum Gasteiger partial charge on any atom is 0.256 e. The first-order chi connectivity index (χ1) is 25.9. The molecule has 0 saturated heterocycles. The standard InChI is InChI=1S/C44H28F2N4O2S/c45-29-13-9-27(10-14-29)41-25-37(35-5-1-3-7-39(35)49-41)43(51)47-31-17-21-33(22-18-31)53-34-23-19-32(20-24-34)48-44(52)38-26-42(28-11-15-30(46)16-12-28)50-40-8-4-2-6-36(38)40/h1-26H,(H,47,51)(H,48,52). The van der Waals surface area contributed by atoms with Crippen LogP contribution in [0.5, 0.6) is 0 Å². The molecule has 9 heteroatoms. The Hall–Kier alpha value is -6.71. The molecule has 8 aromatic rings. The van der Waals surface area contributed by atoms with Gasteiger partial charge in [0.05, 0.1) is 33.5 Å². The van der Waals surface area contributed by atoms with Crippen molar-refractivity contribution in [1.82, 2.24) is 9.97 Å². The van der Waals surface area contributed by atoms with E-state index in [-0.39, 0.29) is 23.4 Å². The maximum atomic E-state index is 13.6. The highest BCUT2D eigenvalue weighted by Crippen LogP contribution is 2.31. The lowest BCUT2D eigenvalue weighted by molar-refractivity contribution is 0.102. The van der Waals surface area contributed by atoms with E-state index in [0.717, 1.165) is 9.79 Å². The number of carbonyl (C=O) groups excluding carboxylic acids is 2. The molecule has 0 unspecified atom stereocenters. The summed E-state index contributed by atoms with van der Waals surface area (Å²) < 4.78 is 27.1. The predicted molar refractivity (Wildman–Crippen MR) is 207 cm³/mol. The number of halogens is 2. The quantitative estimate of drug-likeness (QED) is 0.164. The van der Waals surface area contributed by atoms with Crippen molar-refractivity contribution in [2.45, 2.75) is 9.79 Å². The third-order valence-electron chi connectivity index (χ3n) is 8.66. The minimum Gasteiger partial charge on any atom is -0.322 e. The highest BCUT2D eigenvalue weighted by molar-refractivity contribution is 7.99. The number of benzene rings is 6. The number of nitrogens with zero attached hydrogens (tertiary/aromatic N) is 2. The van der Waals surface area contributed by atoms with E-state index in [2.05, 4.69) is 10.6 Å². The van der Waals surface area contributed by atoms with Gasteiger partial charge in [-0.2, -0.15) is 0 Å². The molecule has 0 bridgehead atoms. The summed E-state index contributed by atoms with van der Waals surface area (Å²) in [6, 6.07) is 45.5. The van der Waals surface area contributed by atoms with E-state index in [4.69, 9.17) is 9.97 Å². The van der Waals surface area contributed by atoms with Crippen LogP contribution in [0.2, 0.25) is 0 Å². The van der Waals surface area contributed by atoms with E-state index < -0.39 is 0 Å². The average molecular weight is 715 g/mol. The van der Waals surface area contributed by atoms with Crippen molar-refractivity contribution < 1.29 is 18.4 Å². The lowest BCUT2D eigenvalue weighted by atomic mass is 10.0. The summed E-state index contributed by atoms with van der Waals surface area (Å²) in [6.07, 6.45) is 0. The lowest BCUT2D eigenvalue weighted by Crippen LogP contribution is -2.13. The molecule has 256 valence electrons. The molecule has 0 saturated carbocycles. The summed E-state index contributed by atoms with van der Waals surface area (Å²) in [7, 11) is 0. The van der Waals surface area contributed by atoms with Crippen molar-refractivity contribution in [1.29, 1.82) is 0 Å². The highest BCUT2D eigenvalue weighted by atomic mass is 32.2.